The normalized spacial score (nSPS) is 17.2. The second kappa shape index (κ2) is 15.2. The van der Waals surface area contributed by atoms with E-state index < -0.39 is 12.3 Å². The number of ether oxygens (including phenoxy) is 3. The van der Waals surface area contributed by atoms with E-state index in [2.05, 4.69) is 37.7 Å². The smallest absolute Gasteiger partial charge is 0.423 e. The van der Waals surface area contributed by atoms with Gasteiger partial charge in [0, 0.05) is 13.2 Å². The van der Waals surface area contributed by atoms with Crippen molar-refractivity contribution in [3.8, 4) is 11.5 Å². The molecule has 4 nitrogen and oxygen atoms in total. The predicted octanol–water partition coefficient (Wildman–Crippen LogP) is 8.90. The first kappa shape index (κ1) is 32.7. The maximum atomic E-state index is 12.3. The number of halogens is 3. The summed E-state index contributed by atoms with van der Waals surface area (Å²) in [5.41, 5.74) is 7.05. The van der Waals surface area contributed by atoms with Crippen molar-refractivity contribution >= 4 is 5.97 Å². The lowest BCUT2D eigenvalue weighted by Crippen LogP contribution is -2.18. The van der Waals surface area contributed by atoms with Crippen LogP contribution in [0.1, 0.15) is 60.5 Å². The quantitative estimate of drug-likeness (QED) is 0.145. The summed E-state index contributed by atoms with van der Waals surface area (Å²) < 4.78 is 51.7. The Balaban J connectivity index is 0.00000352. The fourth-order valence-corrected chi connectivity index (χ4v) is 3.77. The van der Waals surface area contributed by atoms with Gasteiger partial charge in [-0.25, -0.2) is 4.79 Å². The summed E-state index contributed by atoms with van der Waals surface area (Å²) in [6.45, 7) is 15.6. The van der Waals surface area contributed by atoms with Crippen LogP contribution in [-0.2, 0) is 9.53 Å². The molecular formula is C31H39F3O4. The van der Waals surface area contributed by atoms with Gasteiger partial charge in [0.25, 0.3) is 0 Å². The fraction of sp³-hybridized carbons (Fsp3) is 0.387. The number of hydrogen-bond donors (Lipinski definition) is 0. The molecule has 0 aromatic heterocycles. The van der Waals surface area contributed by atoms with Crippen molar-refractivity contribution < 1.29 is 32.2 Å². The molecular weight excluding hydrogens is 493 g/mol. The minimum absolute atomic E-state index is 0.134. The van der Waals surface area contributed by atoms with E-state index in [0.717, 1.165) is 24.1 Å². The number of benzene rings is 1. The van der Waals surface area contributed by atoms with Gasteiger partial charge in [-0.15, -0.1) is 13.2 Å². The lowest BCUT2D eigenvalue weighted by Gasteiger charge is -2.26. The maximum Gasteiger partial charge on any atom is 0.573 e. The Hall–Kier alpha value is -3.32. The number of carbonyl (C=O) groups is 1. The van der Waals surface area contributed by atoms with Crippen LogP contribution in [0.25, 0.3) is 0 Å². The summed E-state index contributed by atoms with van der Waals surface area (Å²) in [7, 11) is 1.74. The number of methoxy groups -OCH3 is 1. The van der Waals surface area contributed by atoms with Crippen LogP contribution in [0, 0.1) is 6.92 Å². The number of allylic oxidation sites excluding steroid dienone is 9. The van der Waals surface area contributed by atoms with Gasteiger partial charge in [-0.1, -0.05) is 55.4 Å². The molecule has 1 atom stereocenters. The second-order valence-electron chi connectivity index (χ2n) is 8.82. The number of esters is 1. The molecule has 1 aromatic rings. The van der Waals surface area contributed by atoms with Crippen LogP contribution in [0.3, 0.4) is 0 Å². The topological polar surface area (TPSA) is 44.8 Å². The zero-order valence-electron chi connectivity index (χ0n) is 23.7. The molecule has 0 bridgehead atoms. The summed E-state index contributed by atoms with van der Waals surface area (Å²) in [6.07, 6.45) is 7.26. The molecule has 7 heteroatoms. The molecule has 0 heterocycles. The Morgan fingerprint density at radius 2 is 1.68 bits per heavy atom. The number of rotatable bonds is 8. The zero-order valence-corrected chi connectivity index (χ0v) is 23.7. The van der Waals surface area contributed by atoms with Crippen molar-refractivity contribution in [3.05, 3.63) is 93.7 Å². The largest absolute Gasteiger partial charge is 0.573 e. The molecule has 0 radical (unpaired) electrons. The van der Waals surface area contributed by atoms with E-state index in [1.54, 1.807) is 20.1 Å². The average molecular weight is 533 g/mol. The van der Waals surface area contributed by atoms with Crippen molar-refractivity contribution in [1.29, 1.82) is 0 Å². The summed E-state index contributed by atoms with van der Waals surface area (Å²) in [5.74, 6) is -0.842. The van der Waals surface area contributed by atoms with Crippen LogP contribution in [0.5, 0.6) is 11.5 Å². The van der Waals surface area contributed by atoms with Gasteiger partial charge in [-0.2, -0.15) is 0 Å². The molecule has 0 saturated heterocycles. The Bertz CT molecular complexity index is 1160. The third-order valence-electron chi connectivity index (χ3n) is 5.88. The molecule has 208 valence electrons. The van der Waals surface area contributed by atoms with E-state index in [4.69, 9.17) is 9.47 Å². The molecule has 0 saturated carbocycles. The number of alkyl halides is 3. The van der Waals surface area contributed by atoms with Gasteiger partial charge in [0.15, 0.2) is 0 Å². The first-order valence-electron chi connectivity index (χ1n) is 12.5. The lowest BCUT2D eigenvalue weighted by molar-refractivity contribution is -0.274. The molecule has 0 spiro atoms. The minimum atomic E-state index is -4.78. The van der Waals surface area contributed by atoms with E-state index >= 15 is 0 Å². The fourth-order valence-electron chi connectivity index (χ4n) is 3.77. The Labute approximate surface area is 224 Å². The van der Waals surface area contributed by atoms with Gasteiger partial charge in [0.2, 0.25) is 0 Å². The van der Waals surface area contributed by atoms with Crippen LogP contribution in [0.15, 0.2) is 88.1 Å². The summed E-state index contributed by atoms with van der Waals surface area (Å²) in [5, 5.41) is 0. The van der Waals surface area contributed by atoms with Crippen LogP contribution in [-0.4, -0.2) is 25.5 Å². The third-order valence-corrected chi connectivity index (χ3v) is 5.88. The zero-order chi connectivity index (χ0) is 29.0. The molecule has 1 aliphatic rings. The molecule has 38 heavy (non-hydrogen) atoms. The summed E-state index contributed by atoms with van der Waals surface area (Å²) in [4.78, 5) is 12.2. The van der Waals surface area contributed by atoms with Gasteiger partial charge in [0.05, 0.1) is 6.10 Å². The summed E-state index contributed by atoms with van der Waals surface area (Å²) >= 11 is 0. The van der Waals surface area contributed by atoms with E-state index in [1.807, 2.05) is 32.9 Å². The lowest BCUT2D eigenvalue weighted by atomic mass is 9.85. The Kier molecular flexibility index (Phi) is 13.1. The summed E-state index contributed by atoms with van der Waals surface area (Å²) in [6, 6.07) is 3.52. The molecule has 1 aliphatic carbocycles. The van der Waals surface area contributed by atoms with Crippen LogP contribution in [0.4, 0.5) is 13.2 Å². The standard InChI is InChI=1S/C29H33F3O4.C2H6/c1-18(11-13-25-20(3)17-27(34-7)23(6)22(25)5)9-8-10-19(2)15-28(33)35-26-14-12-24(16-21(26)4)36-29(30,31)32;1-2/h8-16,27H,17H2,1-7H3;1-2H3/b10-8+,13-11+,18-9+,19-15+;. The molecule has 0 N–H and O–H groups in total. The highest BCUT2D eigenvalue weighted by Crippen LogP contribution is 2.32. The maximum absolute atomic E-state index is 12.3. The van der Waals surface area contributed by atoms with Crippen molar-refractivity contribution in [2.75, 3.05) is 7.11 Å². The highest BCUT2D eigenvalue weighted by Gasteiger charge is 2.31. The van der Waals surface area contributed by atoms with Gasteiger partial charge in [-0.3, -0.25) is 0 Å². The van der Waals surface area contributed by atoms with Crippen molar-refractivity contribution in [2.45, 2.75) is 74.3 Å². The minimum Gasteiger partial charge on any atom is -0.423 e. The first-order valence-corrected chi connectivity index (χ1v) is 12.5. The average Bonchev–Trinajstić information content (AvgIpc) is 2.83. The SMILES string of the molecule is CC.COC1CC(C)=C(/C=C/C(C)=C/C=C/C(C)=C/C(=O)Oc2ccc(OC(F)(F)F)cc2C)C(C)=C1C. The van der Waals surface area contributed by atoms with Crippen molar-refractivity contribution in [2.24, 2.45) is 0 Å². The number of aryl methyl sites for hydroxylation is 1. The van der Waals surface area contributed by atoms with Gasteiger partial charge in [0.1, 0.15) is 11.5 Å². The Morgan fingerprint density at radius 3 is 2.26 bits per heavy atom. The van der Waals surface area contributed by atoms with E-state index in [9.17, 15) is 18.0 Å². The van der Waals surface area contributed by atoms with Gasteiger partial charge >= 0.3 is 12.3 Å². The highest BCUT2D eigenvalue weighted by atomic mass is 19.4. The van der Waals surface area contributed by atoms with E-state index in [0.29, 0.717) is 11.1 Å². The number of hydrogen-bond acceptors (Lipinski definition) is 4. The highest BCUT2D eigenvalue weighted by molar-refractivity contribution is 5.85. The van der Waals surface area contributed by atoms with Crippen LogP contribution < -0.4 is 9.47 Å². The first-order chi connectivity index (χ1) is 17.8. The molecule has 0 fully saturated rings. The van der Waals surface area contributed by atoms with E-state index in [1.165, 1.54) is 41.4 Å². The Morgan fingerprint density at radius 1 is 1.03 bits per heavy atom. The molecule has 1 unspecified atom stereocenters. The van der Waals surface area contributed by atoms with Crippen molar-refractivity contribution in [3.63, 3.8) is 0 Å². The van der Waals surface area contributed by atoms with Crippen LogP contribution in [0.2, 0.25) is 0 Å². The van der Waals surface area contributed by atoms with Crippen LogP contribution >= 0.6 is 0 Å². The molecule has 2 rings (SSSR count). The van der Waals surface area contributed by atoms with Crippen molar-refractivity contribution in [1.82, 2.24) is 0 Å². The van der Waals surface area contributed by atoms with E-state index in [-0.39, 0.29) is 17.6 Å². The number of carbonyl (C=O) groups excluding carboxylic acids is 1. The van der Waals surface area contributed by atoms with Gasteiger partial charge in [-0.05, 0) is 94.0 Å². The molecule has 1 aromatic carbocycles. The predicted molar refractivity (Wildman–Crippen MR) is 147 cm³/mol. The van der Waals surface area contributed by atoms with Gasteiger partial charge < -0.3 is 14.2 Å². The monoisotopic (exact) mass is 532 g/mol. The molecule has 0 aliphatic heterocycles. The molecule has 0 amide bonds. The third kappa shape index (κ3) is 10.6. The second-order valence-corrected chi connectivity index (χ2v) is 8.82.